The van der Waals surface area contributed by atoms with Gasteiger partial charge in [0, 0.05) is 86.5 Å². The van der Waals surface area contributed by atoms with Crippen LogP contribution in [-0.4, -0.2) is 38.7 Å². The highest BCUT2D eigenvalue weighted by molar-refractivity contribution is 6.26. The number of nitrogens with zero attached hydrogens (tertiary/aromatic N) is 8. The molecule has 0 aliphatic heterocycles. The van der Waals surface area contributed by atoms with Crippen LogP contribution in [0.3, 0.4) is 0 Å². The number of fused-ring (bicyclic) bond motifs is 16. The maximum absolute atomic E-state index is 5.05. The zero-order valence-electron chi connectivity index (χ0n) is 38.7. The standard InChI is InChI=1S/C35H22N4.C29H18N4/c1-2-8-23(9-3-1)26-14-17-32(37-22-26)25-13-16-28-30(21-25)29-20-24(31-10-4-6-18-36-31)12-15-27(29)34-35(28)39-19-7-5-11-33(39)38-34;1-4-14-30-25(7-1)19-10-12-21-23(17-19)24-18-20(26-8-2-5-15-31-26)11-13-22(24)29-28(21)32-27-9-3-6-16-33(27)29/h1-22H;1-18H. The molecule has 0 bridgehead atoms. The van der Waals surface area contributed by atoms with Crippen LogP contribution in [0.1, 0.15) is 0 Å². The van der Waals surface area contributed by atoms with Gasteiger partial charge in [-0.25, -0.2) is 9.97 Å². The molecule has 0 aliphatic carbocycles. The second-order valence-electron chi connectivity index (χ2n) is 18.0. The van der Waals surface area contributed by atoms with E-state index in [0.717, 1.165) is 106 Å². The van der Waals surface area contributed by atoms with Gasteiger partial charge in [0.05, 0.1) is 44.8 Å². The lowest BCUT2D eigenvalue weighted by Gasteiger charge is -2.11. The molecule has 72 heavy (non-hydrogen) atoms. The molecular formula is C64H40N8. The summed E-state index contributed by atoms with van der Waals surface area (Å²) in [4.78, 5) is 28.7. The van der Waals surface area contributed by atoms with Crippen LogP contribution in [0.15, 0.2) is 243 Å². The number of pyridine rings is 6. The molecule has 8 nitrogen and oxygen atoms in total. The number of hydrogen-bond acceptors (Lipinski definition) is 6. The van der Waals surface area contributed by atoms with Gasteiger partial charge in [0.25, 0.3) is 0 Å². The number of aromatic nitrogens is 8. The highest BCUT2D eigenvalue weighted by atomic mass is 15.0. The molecule has 0 spiro atoms. The van der Waals surface area contributed by atoms with Gasteiger partial charge in [-0.05, 0) is 118 Å². The van der Waals surface area contributed by atoms with Gasteiger partial charge in [0.2, 0.25) is 0 Å². The van der Waals surface area contributed by atoms with E-state index < -0.39 is 0 Å². The molecule has 0 saturated carbocycles. The Morgan fingerprint density at radius 1 is 0.264 bits per heavy atom. The fourth-order valence-corrected chi connectivity index (χ4v) is 10.4. The van der Waals surface area contributed by atoms with Crippen LogP contribution in [0, 0.1) is 0 Å². The Hall–Kier alpha value is -9.92. The van der Waals surface area contributed by atoms with Crippen LogP contribution in [0.5, 0.6) is 0 Å². The minimum absolute atomic E-state index is 0.942. The third-order valence-electron chi connectivity index (χ3n) is 13.8. The topological polar surface area (TPSA) is 86.2 Å². The number of imidazole rings is 2. The smallest absolute Gasteiger partial charge is 0.137 e. The van der Waals surface area contributed by atoms with Crippen molar-refractivity contribution in [1.82, 2.24) is 38.7 Å². The van der Waals surface area contributed by atoms with E-state index in [9.17, 15) is 0 Å². The first kappa shape index (κ1) is 41.1. The van der Waals surface area contributed by atoms with E-state index in [2.05, 4.69) is 182 Å². The second kappa shape index (κ2) is 16.9. The summed E-state index contributed by atoms with van der Waals surface area (Å²) in [5.74, 6) is 0. The lowest BCUT2D eigenvalue weighted by Crippen LogP contribution is -1.90. The summed E-state index contributed by atoms with van der Waals surface area (Å²) in [6, 6.07) is 71.4. The summed E-state index contributed by atoms with van der Waals surface area (Å²) in [6.07, 6.45) is 11.7. The molecule has 0 N–H and O–H groups in total. The summed E-state index contributed by atoms with van der Waals surface area (Å²) in [7, 11) is 0. The molecule has 0 radical (unpaired) electrons. The average Bonchev–Trinajstić information content (AvgIpc) is 4.06. The zero-order chi connectivity index (χ0) is 47.5. The Labute approximate surface area is 412 Å². The number of rotatable bonds is 5. The van der Waals surface area contributed by atoms with E-state index in [1.165, 1.54) is 26.9 Å². The molecule has 0 amide bonds. The van der Waals surface area contributed by atoms with E-state index in [-0.39, 0.29) is 0 Å². The molecule has 0 aliphatic rings. The fourth-order valence-electron chi connectivity index (χ4n) is 10.4. The van der Waals surface area contributed by atoms with Crippen molar-refractivity contribution in [3.05, 3.63) is 243 Å². The molecule has 7 aromatic carbocycles. The Morgan fingerprint density at radius 2 is 0.653 bits per heavy atom. The predicted octanol–water partition coefficient (Wildman–Crippen LogP) is 15.5. The molecule has 8 heterocycles. The van der Waals surface area contributed by atoms with E-state index in [4.69, 9.17) is 15.0 Å². The van der Waals surface area contributed by atoms with Crippen LogP contribution in [0.4, 0.5) is 0 Å². The molecule has 8 aromatic heterocycles. The van der Waals surface area contributed by atoms with Gasteiger partial charge in [-0.3, -0.25) is 28.7 Å². The Balaban J connectivity index is 0.000000136. The Morgan fingerprint density at radius 3 is 1.07 bits per heavy atom. The van der Waals surface area contributed by atoms with E-state index >= 15 is 0 Å². The zero-order valence-corrected chi connectivity index (χ0v) is 38.7. The summed E-state index contributed by atoms with van der Waals surface area (Å²) >= 11 is 0. The maximum atomic E-state index is 5.05. The SMILES string of the molecule is c1ccc(-c2ccc(-c3ccc4c(c3)c3cc(-c5ccccn5)ccc3c3nc5ccccn5c43)nc2)cc1.c1ccc(-c2ccc3c(c2)c2cc(-c4ccccn4)ccc2c2c3nc3ccccn32)nc1. The Kier molecular flexibility index (Phi) is 9.67. The van der Waals surface area contributed by atoms with Crippen LogP contribution >= 0.6 is 0 Å². The van der Waals surface area contributed by atoms with Crippen LogP contribution in [0.25, 0.3) is 133 Å². The van der Waals surface area contributed by atoms with Crippen LogP contribution in [0.2, 0.25) is 0 Å². The quantitative estimate of drug-likeness (QED) is 0.160. The molecule has 0 atom stereocenters. The third kappa shape index (κ3) is 6.92. The van der Waals surface area contributed by atoms with Gasteiger partial charge in [0.15, 0.2) is 0 Å². The molecule has 0 unspecified atom stereocenters. The molecule has 15 aromatic rings. The maximum Gasteiger partial charge on any atom is 0.137 e. The minimum atomic E-state index is 0.942. The van der Waals surface area contributed by atoms with Crippen molar-refractivity contribution in [2.24, 2.45) is 0 Å². The van der Waals surface area contributed by atoms with Crippen molar-refractivity contribution < 1.29 is 0 Å². The highest BCUT2D eigenvalue weighted by Gasteiger charge is 2.18. The van der Waals surface area contributed by atoms with Crippen molar-refractivity contribution in [3.63, 3.8) is 0 Å². The summed E-state index contributed by atoms with van der Waals surface area (Å²) in [6.45, 7) is 0. The third-order valence-corrected chi connectivity index (χ3v) is 13.8. The first-order valence-corrected chi connectivity index (χ1v) is 24.0. The Bertz CT molecular complexity index is 4530. The normalized spacial score (nSPS) is 11.6. The molecule has 8 heteroatoms. The predicted molar refractivity (Wildman–Crippen MR) is 294 cm³/mol. The van der Waals surface area contributed by atoms with Gasteiger partial charge in [-0.15, -0.1) is 0 Å². The molecule has 336 valence electrons. The van der Waals surface area contributed by atoms with E-state index in [0.29, 0.717) is 0 Å². The van der Waals surface area contributed by atoms with Crippen molar-refractivity contribution in [2.45, 2.75) is 0 Å². The summed E-state index contributed by atoms with van der Waals surface area (Å²) < 4.78 is 4.38. The van der Waals surface area contributed by atoms with Gasteiger partial charge in [-0.1, -0.05) is 115 Å². The molecular weight excluding hydrogens is 881 g/mol. The number of hydrogen-bond donors (Lipinski definition) is 0. The molecule has 0 saturated heterocycles. The van der Waals surface area contributed by atoms with Crippen molar-refractivity contribution in [2.75, 3.05) is 0 Å². The largest absolute Gasteiger partial charge is 0.299 e. The average molecular weight is 921 g/mol. The minimum Gasteiger partial charge on any atom is -0.299 e. The van der Waals surface area contributed by atoms with E-state index in [1.54, 1.807) is 0 Å². The lowest BCUT2D eigenvalue weighted by atomic mass is 9.95. The number of benzene rings is 7. The van der Waals surface area contributed by atoms with Crippen molar-refractivity contribution in [1.29, 1.82) is 0 Å². The monoisotopic (exact) mass is 920 g/mol. The molecule has 15 rings (SSSR count). The highest BCUT2D eigenvalue weighted by Crippen LogP contribution is 2.41. The first-order valence-electron chi connectivity index (χ1n) is 24.0. The van der Waals surface area contributed by atoms with Gasteiger partial charge >= 0.3 is 0 Å². The first-order chi connectivity index (χ1) is 35.7. The van der Waals surface area contributed by atoms with Crippen molar-refractivity contribution in [3.8, 4) is 56.2 Å². The van der Waals surface area contributed by atoms with E-state index in [1.807, 2.05) is 85.5 Å². The van der Waals surface area contributed by atoms with Crippen LogP contribution in [-0.2, 0) is 0 Å². The second-order valence-corrected chi connectivity index (χ2v) is 18.0. The summed E-state index contributed by atoms with van der Waals surface area (Å²) in [5, 5.41) is 9.29. The fraction of sp³-hybridized carbons (Fsp3) is 0. The lowest BCUT2D eigenvalue weighted by molar-refractivity contribution is 1.23. The van der Waals surface area contributed by atoms with Crippen LogP contribution < -0.4 is 0 Å². The van der Waals surface area contributed by atoms with Gasteiger partial charge in [0.1, 0.15) is 11.3 Å². The van der Waals surface area contributed by atoms with Gasteiger partial charge in [-0.2, -0.15) is 0 Å². The summed E-state index contributed by atoms with van der Waals surface area (Å²) in [5.41, 5.74) is 16.6. The van der Waals surface area contributed by atoms with Gasteiger partial charge < -0.3 is 0 Å². The van der Waals surface area contributed by atoms with Crippen molar-refractivity contribution >= 4 is 76.5 Å². The molecule has 0 fully saturated rings.